The number of carbonyl (C=O) groups is 1. The van der Waals surface area contributed by atoms with E-state index >= 15 is 0 Å². The molecule has 1 atom stereocenters. The second-order valence-corrected chi connectivity index (χ2v) is 7.72. The van der Waals surface area contributed by atoms with Gasteiger partial charge in [0.1, 0.15) is 34.8 Å². The Labute approximate surface area is 204 Å². The van der Waals surface area contributed by atoms with Crippen LogP contribution in [-0.2, 0) is 0 Å². The van der Waals surface area contributed by atoms with Crippen molar-refractivity contribution in [3.8, 4) is 18.0 Å². The third kappa shape index (κ3) is 3.73. The quantitative estimate of drug-likeness (QED) is 0.148. The number of guanidine groups is 1. The molecular weight excluding hydrogens is 458 g/mol. The van der Waals surface area contributed by atoms with E-state index in [-0.39, 0.29) is 34.6 Å². The lowest BCUT2D eigenvalue weighted by Crippen LogP contribution is -2.33. The van der Waals surface area contributed by atoms with Crippen LogP contribution in [0.1, 0.15) is 33.1 Å². The maximum absolute atomic E-state index is 13.1. The molecule has 1 aliphatic rings. The number of nitrogens with two attached hydrogens (primary N) is 2. The molecule has 0 aliphatic carbocycles. The van der Waals surface area contributed by atoms with Crippen LogP contribution in [0, 0.1) is 22.8 Å². The average Bonchev–Trinajstić information content (AvgIpc) is 2.89. The molecule has 0 amide bonds. The molecule has 6 N–H and O–H groups in total. The van der Waals surface area contributed by atoms with Gasteiger partial charge in [-0.3, -0.25) is 10.3 Å². The Hall–Kier alpha value is -5.68. The monoisotopic (exact) mass is 475 g/mol. The second kappa shape index (κ2) is 8.93. The van der Waals surface area contributed by atoms with E-state index in [0.29, 0.717) is 22.2 Å². The molecule has 1 unspecified atom stereocenters. The highest BCUT2D eigenvalue weighted by Gasteiger charge is 2.32. The summed E-state index contributed by atoms with van der Waals surface area (Å²) in [5.74, 6) is -0.219. The fourth-order valence-electron chi connectivity index (χ4n) is 3.99. The van der Waals surface area contributed by atoms with Crippen molar-refractivity contribution in [3.05, 3.63) is 83.0 Å². The number of benzene rings is 2. The molecule has 0 saturated heterocycles. The number of ether oxygens (including phenoxy) is 1. The number of hydrogen-bond acceptors (Lipinski definition) is 11. The number of hydrogen-bond donors (Lipinski definition) is 4. The van der Waals surface area contributed by atoms with Crippen molar-refractivity contribution in [1.82, 2.24) is 15.3 Å². The minimum absolute atomic E-state index is 0.00538. The summed E-state index contributed by atoms with van der Waals surface area (Å²) in [5.41, 5.74) is 13.9. The molecule has 11 nitrogen and oxygen atoms in total. The first kappa shape index (κ1) is 22.1. The van der Waals surface area contributed by atoms with Gasteiger partial charge in [-0.1, -0.05) is 36.4 Å². The first-order valence-corrected chi connectivity index (χ1v) is 10.7. The van der Waals surface area contributed by atoms with E-state index in [9.17, 15) is 15.3 Å². The van der Waals surface area contributed by atoms with Crippen LogP contribution in [0.15, 0.2) is 65.8 Å². The highest BCUT2D eigenvalue weighted by Crippen LogP contribution is 2.44. The molecular formula is C25H17N9O2. The fraction of sp³-hybridized carbons (Fsp3) is 0.0400. The van der Waals surface area contributed by atoms with Gasteiger partial charge in [-0.15, -0.1) is 0 Å². The standard InChI is InChI=1S/C25H17N9O2/c26-11-16-18(28)17-20(32-25(31-12-27)34-23(17)33-22(16)29)15-9-8-13-7-4-10-30-19(13)21(15)36-24(35)14-5-2-1-3-6-14/h1-10,20H,(H6,28,29,31,32,33,34). The summed E-state index contributed by atoms with van der Waals surface area (Å²) < 4.78 is 5.90. The predicted molar refractivity (Wildman–Crippen MR) is 133 cm³/mol. The smallest absolute Gasteiger partial charge is 0.343 e. The number of rotatable bonds is 3. The maximum atomic E-state index is 13.1. The third-order valence-electron chi connectivity index (χ3n) is 5.62. The predicted octanol–water partition coefficient (Wildman–Crippen LogP) is 2.83. The van der Waals surface area contributed by atoms with Gasteiger partial charge >= 0.3 is 5.97 Å². The number of aromatic nitrogens is 2. The number of anilines is 3. The van der Waals surface area contributed by atoms with Crippen molar-refractivity contribution in [2.24, 2.45) is 4.99 Å². The summed E-state index contributed by atoms with van der Waals surface area (Å²) in [6, 6.07) is 16.7. The highest BCUT2D eigenvalue weighted by molar-refractivity contribution is 5.99. The molecule has 11 heteroatoms. The number of nitrogen functional groups attached to an aromatic ring is 2. The molecule has 0 bridgehead atoms. The first-order valence-electron chi connectivity index (χ1n) is 10.7. The van der Waals surface area contributed by atoms with Crippen LogP contribution in [0.5, 0.6) is 5.75 Å². The van der Waals surface area contributed by atoms with Gasteiger partial charge in [0.05, 0.1) is 11.3 Å². The molecule has 1 aliphatic heterocycles. The third-order valence-corrected chi connectivity index (χ3v) is 5.62. The summed E-state index contributed by atoms with van der Waals surface area (Å²) >= 11 is 0. The van der Waals surface area contributed by atoms with Crippen molar-refractivity contribution in [2.75, 3.05) is 16.8 Å². The van der Waals surface area contributed by atoms with Gasteiger partial charge < -0.3 is 21.5 Å². The van der Waals surface area contributed by atoms with Crippen molar-refractivity contribution < 1.29 is 9.53 Å². The molecule has 0 spiro atoms. The van der Waals surface area contributed by atoms with Crippen molar-refractivity contribution in [3.63, 3.8) is 0 Å². The Morgan fingerprint density at radius 1 is 1.08 bits per heavy atom. The average molecular weight is 475 g/mol. The van der Waals surface area contributed by atoms with E-state index < -0.39 is 12.0 Å². The normalized spacial score (nSPS) is 13.9. The van der Waals surface area contributed by atoms with Gasteiger partial charge in [-0.05, 0) is 18.2 Å². The minimum atomic E-state index is -0.915. The number of nitrogens with zero attached hydrogens (tertiary/aromatic N) is 5. The van der Waals surface area contributed by atoms with Crippen molar-refractivity contribution >= 4 is 40.2 Å². The lowest BCUT2D eigenvalue weighted by Gasteiger charge is -2.27. The van der Waals surface area contributed by atoms with Gasteiger partial charge in [0.25, 0.3) is 0 Å². The number of nitriles is 2. The molecule has 4 aromatic rings. The number of fused-ring (bicyclic) bond motifs is 2. The van der Waals surface area contributed by atoms with Crippen LogP contribution in [0.2, 0.25) is 0 Å². The van der Waals surface area contributed by atoms with Gasteiger partial charge in [0.2, 0.25) is 5.96 Å². The summed E-state index contributed by atoms with van der Waals surface area (Å²) in [7, 11) is 0. The zero-order valence-corrected chi connectivity index (χ0v) is 18.6. The Morgan fingerprint density at radius 3 is 2.64 bits per heavy atom. The largest absolute Gasteiger partial charge is 0.420 e. The van der Waals surface area contributed by atoms with E-state index in [0.717, 1.165) is 5.39 Å². The lowest BCUT2D eigenvalue weighted by molar-refractivity contribution is 0.0735. The Bertz CT molecular complexity index is 1640. The molecule has 0 fully saturated rings. The molecule has 5 rings (SSSR count). The van der Waals surface area contributed by atoms with E-state index in [4.69, 9.17) is 16.2 Å². The molecule has 3 heterocycles. The summed E-state index contributed by atoms with van der Waals surface area (Å²) in [5, 5.41) is 24.8. The summed E-state index contributed by atoms with van der Waals surface area (Å²) in [6.07, 6.45) is 3.39. The van der Waals surface area contributed by atoms with Crippen LogP contribution in [-0.4, -0.2) is 21.9 Å². The van der Waals surface area contributed by atoms with Crippen LogP contribution in [0.3, 0.4) is 0 Å². The zero-order chi connectivity index (χ0) is 25.2. The maximum Gasteiger partial charge on any atom is 0.343 e. The second-order valence-electron chi connectivity index (χ2n) is 7.72. The van der Waals surface area contributed by atoms with Gasteiger partial charge in [0, 0.05) is 22.7 Å². The van der Waals surface area contributed by atoms with E-state index in [1.165, 1.54) is 0 Å². The molecule has 174 valence electrons. The Morgan fingerprint density at radius 2 is 1.89 bits per heavy atom. The van der Waals surface area contributed by atoms with Gasteiger partial charge in [-0.2, -0.15) is 10.5 Å². The molecule has 2 aromatic heterocycles. The number of aliphatic imine (C=N–C) groups is 1. The molecule has 2 aromatic carbocycles. The summed E-state index contributed by atoms with van der Waals surface area (Å²) in [6.45, 7) is 0. The topological polar surface area (TPSA) is 188 Å². The zero-order valence-electron chi connectivity index (χ0n) is 18.6. The minimum Gasteiger partial charge on any atom is -0.420 e. The number of nitrogens with one attached hydrogen (secondary N) is 2. The van der Waals surface area contributed by atoms with Crippen LogP contribution in [0.25, 0.3) is 10.9 Å². The molecule has 0 radical (unpaired) electrons. The Kier molecular flexibility index (Phi) is 5.49. The van der Waals surface area contributed by atoms with E-state index in [2.05, 4.69) is 25.6 Å². The first-order chi connectivity index (χ1) is 17.5. The van der Waals surface area contributed by atoms with E-state index in [1.54, 1.807) is 60.9 Å². The number of esters is 1. The molecule has 36 heavy (non-hydrogen) atoms. The number of pyridine rings is 2. The van der Waals surface area contributed by atoms with Crippen molar-refractivity contribution in [1.29, 1.82) is 10.5 Å². The van der Waals surface area contributed by atoms with Gasteiger partial charge in [0.15, 0.2) is 11.9 Å². The van der Waals surface area contributed by atoms with Crippen LogP contribution in [0.4, 0.5) is 17.3 Å². The fourth-order valence-corrected chi connectivity index (χ4v) is 3.99. The lowest BCUT2D eigenvalue weighted by atomic mass is 9.93. The van der Waals surface area contributed by atoms with E-state index in [1.807, 2.05) is 12.1 Å². The number of carbonyl (C=O) groups excluding carboxylic acids is 1. The molecule has 0 saturated carbocycles. The van der Waals surface area contributed by atoms with Crippen LogP contribution < -0.4 is 26.8 Å². The Balaban J connectivity index is 1.75. The summed E-state index contributed by atoms with van der Waals surface area (Å²) in [4.78, 5) is 26.3. The SMILES string of the molecule is N#CNC1=NC(c2ccc3cccnc3c2OC(=O)c2ccccc2)c2c(nc(N)c(C#N)c2N)N1. The highest BCUT2D eigenvalue weighted by atomic mass is 16.5. The van der Waals surface area contributed by atoms with Crippen LogP contribution >= 0.6 is 0 Å². The van der Waals surface area contributed by atoms with Gasteiger partial charge in [-0.25, -0.2) is 14.8 Å². The van der Waals surface area contributed by atoms with Crippen molar-refractivity contribution in [2.45, 2.75) is 6.04 Å².